The zero-order valence-electron chi connectivity index (χ0n) is 17.9. The summed E-state index contributed by atoms with van der Waals surface area (Å²) in [6.45, 7) is 0. The Hall–Kier alpha value is -4.42. The van der Waals surface area contributed by atoms with E-state index in [1.807, 2.05) is 72.8 Å². The van der Waals surface area contributed by atoms with E-state index in [0.29, 0.717) is 22.3 Å². The molecule has 0 saturated carbocycles. The molecule has 1 N–H and O–H groups in total. The molecule has 1 aromatic heterocycles. The Balaban J connectivity index is 1.39. The van der Waals surface area contributed by atoms with Crippen LogP contribution in [0.2, 0.25) is 5.02 Å². The van der Waals surface area contributed by atoms with Crippen molar-refractivity contribution >= 4 is 23.2 Å². The van der Waals surface area contributed by atoms with E-state index in [4.69, 9.17) is 16.3 Å². The van der Waals surface area contributed by atoms with E-state index in [0.717, 1.165) is 17.0 Å². The normalized spacial score (nSPS) is 10.6. The Labute approximate surface area is 201 Å². The van der Waals surface area contributed by atoms with Crippen LogP contribution in [0.5, 0.6) is 11.5 Å². The highest BCUT2D eigenvalue weighted by Gasteiger charge is 2.19. The van der Waals surface area contributed by atoms with Gasteiger partial charge in [0.05, 0.1) is 5.69 Å². The summed E-state index contributed by atoms with van der Waals surface area (Å²) < 4.78 is 7.43. The minimum atomic E-state index is -0.422. The van der Waals surface area contributed by atoms with Crippen LogP contribution in [0.3, 0.4) is 0 Å². The second-order valence-corrected chi connectivity index (χ2v) is 7.85. The molecule has 34 heavy (non-hydrogen) atoms. The first kappa shape index (κ1) is 21.4. The molecule has 166 valence electrons. The van der Waals surface area contributed by atoms with E-state index < -0.39 is 5.91 Å². The summed E-state index contributed by atoms with van der Waals surface area (Å²) in [5.41, 5.74) is 2.14. The average Bonchev–Trinajstić information content (AvgIpc) is 3.32. The molecular formula is C27H19ClN4O2. The van der Waals surface area contributed by atoms with E-state index in [9.17, 15) is 4.79 Å². The van der Waals surface area contributed by atoms with Crippen molar-refractivity contribution in [2.75, 3.05) is 5.32 Å². The fourth-order valence-electron chi connectivity index (χ4n) is 3.39. The molecule has 0 saturated heterocycles. The molecule has 0 bridgehead atoms. The predicted molar refractivity (Wildman–Crippen MR) is 133 cm³/mol. The van der Waals surface area contributed by atoms with Crippen molar-refractivity contribution in [2.24, 2.45) is 0 Å². The molecule has 5 aromatic rings. The zero-order valence-corrected chi connectivity index (χ0v) is 18.7. The molecule has 0 unspecified atom stereocenters. The molecule has 4 aromatic carbocycles. The van der Waals surface area contributed by atoms with Gasteiger partial charge in [0.1, 0.15) is 11.5 Å². The number of hydrogen-bond donors (Lipinski definition) is 1. The van der Waals surface area contributed by atoms with Gasteiger partial charge in [-0.3, -0.25) is 4.79 Å². The van der Waals surface area contributed by atoms with Crippen LogP contribution in [0.15, 0.2) is 109 Å². The third kappa shape index (κ3) is 4.82. The number of anilines is 1. The highest BCUT2D eigenvalue weighted by molar-refractivity contribution is 6.30. The van der Waals surface area contributed by atoms with Crippen molar-refractivity contribution in [3.8, 4) is 28.6 Å². The first-order valence-electron chi connectivity index (χ1n) is 10.6. The second-order valence-electron chi connectivity index (χ2n) is 7.41. The van der Waals surface area contributed by atoms with E-state index >= 15 is 0 Å². The molecule has 1 heterocycles. The van der Waals surface area contributed by atoms with Crippen molar-refractivity contribution in [3.63, 3.8) is 0 Å². The average molecular weight is 467 g/mol. The first-order chi connectivity index (χ1) is 16.7. The third-order valence-electron chi connectivity index (χ3n) is 4.98. The lowest BCUT2D eigenvalue weighted by Gasteiger charge is -2.07. The van der Waals surface area contributed by atoms with Gasteiger partial charge in [0.25, 0.3) is 5.91 Å². The summed E-state index contributed by atoms with van der Waals surface area (Å²) in [6, 6.07) is 33.4. The molecule has 7 heteroatoms. The van der Waals surface area contributed by atoms with E-state index in [1.165, 1.54) is 0 Å². The molecule has 1 amide bonds. The maximum atomic E-state index is 13.0. The number of hydrogen-bond acceptors (Lipinski definition) is 4. The van der Waals surface area contributed by atoms with Crippen molar-refractivity contribution < 1.29 is 9.53 Å². The van der Waals surface area contributed by atoms with Gasteiger partial charge in [-0.05, 0) is 60.7 Å². The highest BCUT2D eigenvalue weighted by Crippen LogP contribution is 2.25. The smallest absolute Gasteiger partial charge is 0.295 e. The maximum Gasteiger partial charge on any atom is 0.295 e. The van der Waals surface area contributed by atoms with Gasteiger partial charge in [0.2, 0.25) is 5.82 Å². The Morgan fingerprint density at radius 3 is 2.18 bits per heavy atom. The lowest BCUT2D eigenvalue weighted by Crippen LogP contribution is -2.14. The number of nitrogens with one attached hydrogen (secondary N) is 1. The van der Waals surface area contributed by atoms with Gasteiger partial charge >= 0.3 is 0 Å². The highest BCUT2D eigenvalue weighted by atomic mass is 35.5. The fourth-order valence-corrected chi connectivity index (χ4v) is 3.58. The van der Waals surface area contributed by atoms with Gasteiger partial charge in [0.15, 0.2) is 5.82 Å². The molecule has 0 aliphatic rings. The Morgan fingerprint density at radius 2 is 1.47 bits per heavy atom. The number of aromatic nitrogens is 3. The number of para-hydroxylation sites is 2. The van der Waals surface area contributed by atoms with Gasteiger partial charge in [-0.15, -0.1) is 5.10 Å². The third-order valence-corrected chi connectivity index (χ3v) is 5.22. The summed E-state index contributed by atoms with van der Waals surface area (Å²) in [6.07, 6.45) is 0. The number of nitrogens with zero attached hydrogens (tertiary/aromatic N) is 3. The first-order valence-corrected chi connectivity index (χ1v) is 11.0. The van der Waals surface area contributed by atoms with Crippen molar-refractivity contribution in [3.05, 3.63) is 120 Å². The number of ether oxygens (including phenoxy) is 1. The minimum absolute atomic E-state index is 0.0449. The summed E-state index contributed by atoms with van der Waals surface area (Å²) in [5, 5.41) is 7.90. The molecule has 0 atom stereocenters. The Bertz CT molecular complexity index is 1420. The lowest BCUT2D eigenvalue weighted by atomic mass is 10.2. The number of carbonyl (C=O) groups is 1. The molecule has 5 rings (SSSR count). The van der Waals surface area contributed by atoms with Crippen LogP contribution in [-0.4, -0.2) is 20.7 Å². The van der Waals surface area contributed by atoms with Crippen LogP contribution in [-0.2, 0) is 0 Å². The van der Waals surface area contributed by atoms with Gasteiger partial charge in [-0.1, -0.05) is 60.1 Å². The van der Waals surface area contributed by atoms with Crippen LogP contribution < -0.4 is 10.1 Å². The number of benzene rings is 4. The summed E-state index contributed by atoms with van der Waals surface area (Å²) >= 11 is 6.19. The second kappa shape index (κ2) is 9.60. The number of rotatable bonds is 6. The SMILES string of the molecule is O=C(Nc1ccc(Oc2ccccc2)cc1)c1nc(-c2cccc(Cl)c2)n(-c2ccccc2)n1. The van der Waals surface area contributed by atoms with Crippen LogP contribution in [0.1, 0.15) is 10.6 Å². The zero-order chi connectivity index (χ0) is 23.3. The van der Waals surface area contributed by atoms with Gasteiger partial charge in [-0.25, -0.2) is 9.67 Å². The Kier molecular flexibility index (Phi) is 6.05. The molecule has 6 nitrogen and oxygen atoms in total. The number of carbonyl (C=O) groups excluding carboxylic acids is 1. The summed E-state index contributed by atoms with van der Waals surface area (Å²) in [7, 11) is 0. The standard InChI is InChI=1S/C27H19ClN4O2/c28-20-9-7-8-19(18-20)26-30-25(31-32(26)22-10-3-1-4-11-22)27(33)29-21-14-16-24(17-15-21)34-23-12-5-2-6-13-23/h1-18H,(H,29,33). The predicted octanol–water partition coefficient (Wildman–Crippen LogP) is 6.63. The van der Waals surface area contributed by atoms with E-state index in [-0.39, 0.29) is 5.82 Å². The number of amides is 1. The molecule has 0 spiro atoms. The van der Waals surface area contributed by atoms with Crippen LogP contribution in [0.4, 0.5) is 5.69 Å². The lowest BCUT2D eigenvalue weighted by molar-refractivity contribution is 0.101. The van der Waals surface area contributed by atoms with Crippen molar-refractivity contribution in [1.29, 1.82) is 0 Å². The largest absolute Gasteiger partial charge is 0.457 e. The van der Waals surface area contributed by atoms with Gasteiger partial charge in [0, 0.05) is 16.3 Å². The molecule has 0 aliphatic carbocycles. The number of halogens is 1. The molecule has 0 fully saturated rings. The molecule has 0 aliphatic heterocycles. The monoisotopic (exact) mass is 466 g/mol. The molecule has 0 radical (unpaired) electrons. The quantitative estimate of drug-likeness (QED) is 0.305. The topological polar surface area (TPSA) is 69.0 Å². The molecular weight excluding hydrogens is 448 g/mol. The van der Waals surface area contributed by atoms with Gasteiger partial charge < -0.3 is 10.1 Å². The van der Waals surface area contributed by atoms with Crippen molar-refractivity contribution in [1.82, 2.24) is 14.8 Å². The van der Waals surface area contributed by atoms with E-state index in [1.54, 1.807) is 41.1 Å². The van der Waals surface area contributed by atoms with E-state index in [2.05, 4.69) is 15.4 Å². The Morgan fingerprint density at radius 1 is 0.794 bits per heavy atom. The summed E-state index contributed by atoms with van der Waals surface area (Å²) in [5.74, 6) is 1.55. The van der Waals surface area contributed by atoms with Crippen LogP contribution >= 0.6 is 11.6 Å². The van der Waals surface area contributed by atoms with Crippen LogP contribution in [0.25, 0.3) is 17.1 Å². The summed E-state index contributed by atoms with van der Waals surface area (Å²) in [4.78, 5) is 17.5. The maximum absolute atomic E-state index is 13.0. The van der Waals surface area contributed by atoms with Crippen molar-refractivity contribution in [2.45, 2.75) is 0 Å². The van der Waals surface area contributed by atoms with Gasteiger partial charge in [-0.2, -0.15) is 0 Å². The fraction of sp³-hybridized carbons (Fsp3) is 0. The van der Waals surface area contributed by atoms with Crippen LogP contribution in [0, 0.1) is 0 Å². The minimum Gasteiger partial charge on any atom is -0.457 e.